The van der Waals surface area contributed by atoms with Crippen LogP contribution in [0.3, 0.4) is 0 Å². The van der Waals surface area contributed by atoms with Gasteiger partial charge in [-0.2, -0.15) is 0 Å². The first-order valence-corrected chi connectivity index (χ1v) is 8.33. The minimum absolute atomic E-state index is 1.00. The number of aryl methyl sites for hydroxylation is 1. The summed E-state index contributed by atoms with van der Waals surface area (Å²) in [6.45, 7) is 8.96. The first-order chi connectivity index (χ1) is 10.3. The lowest BCUT2D eigenvalue weighted by Gasteiger charge is -2.26. The molecule has 21 heavy (non-hydrogen) atoms. The van der Waals surface area contributed by atoms with Crippen LogP contribution in [0.1, 0.15) is 57.9 Å². The molecule has 0 amide bonds. The fourth-order valence-electron chi connectivity index (χ4n) is 2.84. The quantitative estimate of drug-likeness (QED) is 0.693. The molecule has 0 aliphatic carbocycles. The molecule has 0 unspecified atom stereocenters. The van der Waals surface area contributed by atoms with Crippen LogP contribution in [0, 0.1) is 6.92 Å². The average molecular weight is 288 g/mol. The van der Waals surface area contributed by atoms with Crippen LogP contribution >= 0.6 is 0 Å². The summed E-state index contributed by atoms with van der Waals surface area (Å²) < 4.78 is 0. The van der Waals surface area contributed by atoms with Crippen LogP contribution in [0.15, 0.2) is 12.1 Å². The summed E-state index contributed by atoms with van der Waals surface area (Å²) in [5.41, 5.74) is 4.60. The summed E-state index contributed by atoms with van der Waals surface area (Å²) in [5, 5.41) is 11.1. The number of hydrogen-bond acceptors (Lipinski definition) is 3. The second kappa shape index (κ2) is 8.01. The predicted octanol–water partition coefficient (Wildman–Crippen LogP) is 4.45. The predicted molar refractivity (Wildman–Crippen MR) is 89.9 cm³/mol. The van der Waals surface area contributed by atoms with Crippen LogP contribution in [0.5, 0.6) is 0 Å². The van der Waals surface area contributed by atoms with Crippen LogP contribution in [0.2, 0.25) is 0 Å². The van der Waals surface area contributed by atoms with E-state index in [4.69, 9.17) is 0 Å². The molecule has 1 aromatic heterocycles. The van der Waals surface area contributed by atoms with Crippen LogP contribution in [-0.4, -0.2) is 28.5 Å². The second-order valence-corrected chi connectivity index (χ2v) is 5.82. The molecule has 1 aromatic carbocycles. The van der Waals surface area contributed by atoms with Gasteiger partial charge in [-0.15, -0.1) is 5.10 Å². The van der Waals surface area contributed by atoms with E-state index in [0.29, 0.717) is 0 Å². The van der Waals surface area contributed by atoms with E-state index in [1.807, 2.05) is 0 Å². The minimum Gasteiger partial charge on any atom is -0.371 e. The highest BCUT2D eigenvalue weighted by Crippen LogP contribution is 2.26. The Morgan fingerprint density at radius 2 is 1.67 bits per heavy atom. The Balaban J connectivity index is 2.17. The third-order valence-corrected chi connectivity index (χ3v) is 4.13. The van der Waals surface area contributed by atoms with Crippen LogP contribution in [0.25, 0.3) is 11.0 Å². The lowest BCUT2D eigenvalue weighted by atomic mass is 10.1. The van der Waals surface area contributed by atoms with Crippen molar-refractivity contribution >= 4 is 16.7 Å². The van der Waals surface area contributed by atoms with E-state index in [9.17, 15) is 0 Å². The van der Waals surface area contributed by atoms with Gasteiger partial charge < -0.3 is 4.90 Å². The molecule has 0 atom stereocenters. The topological polar surface area (TPSA) is 44.8 Å². The number of aromatic nitrogens is 3. The number of aromatic amines is 1. The molecule has 1 N–H and O–H groups in total. The normalized spacial score (nSPS) is 11.2. The lowest BCUT2D eigenvalue weighted by Crippen LogP contribution is -2.26. The van der Waals surface area contributed by atoms with Crippen molar-refractivity contribution < 1.29 is 0 Å². The van der Waals surface area contributed by atoms with Gasteiger partial charge in [-0.3, -0.25) is 5.10 Å². The molecular formula is C17H28N4. The Bertz CT molecular complexity index is 537. The Morgan fingerprint density at radius 3 is 2.29 bits per heavy atom. The van der Waals surface area contributed by atoms with Crippen LogP contribution < -0.4 is 4.90 Å². The van der Waals surface area contributed by atoms with E-state index in [-0.39, 0.29) is 0 Å². The smallest absolute Gasteiger partial charge is 0.117 e. The van der Waals surface area contributed by atoms with Gasteiger partial charge in [0.05, 0.1) is 5.52 Å². The maximum Gasteiger partial charge on any atom is 0.117 e. The fourth-order valence-corrected chi connectivity index (χ4v) is 2.84. The molecule has 0 bridgehead atoms. The summed E-state index contributed by atoms with van der Waals surface area (Å²) >= 11 is 0. The average Bonchev–Trinajstić information content (AvgIpc) is 2.96. The van der Waals surface area contributed by atoms with Gasteiger partial charge in [0.2, 0.25) is 0 Å². The molecule has 0 saturated heterocycles. The van der Waals surface area contributed by atoms with Crippen molar-refractivity contribution in [1.82, 2.24) is 15.4 Å². The number of rotatable bonds is 9. The highest BCUT2D eigenvalue weighted by molar-refractivity contribution is 5.83. The van der Waals surface area contributed by atoms with E-state index in [2.05, 4.69) is 53.2 Å². The largest absolute Gasteiger partial charge is 0.371 e. The molecule has 0 aliphatic heterocycles. The third-order valence-electron chi connectivity index (χ3n) is 4.13. The molecular weight excluding hydrogens is 260 g/mol. The molecule has 0 saturated carbocycles. The van der Waals surface area contributed by atoms with E-state index >= 15 is 0 Å². The van der Waals surface area contributed by atoms with Crippen LogP contribution in [0.4, 0.5) is 5.69 Å². The Morgan fingerprint density at radius 1 is 1.00 bits per heavy atom. The van der Waals surface area contributed by atoms with Gasteiger partial charge in [0.1, 0.15) is 5.52 Å². The number of nitrogens with one attached hydrogen (secondary N) is 1. The van der Waals surface area contributed by atoms with Crippen molar-refractivity contribution in [2.75, 3.05) is 18.0 Å². The number of unbranched alkanes of at least 4 members (excludes halogenated alkanes) is 4. The van der Waals surface area contributed by atoms with Gasteiger partial charge in [-0.25, -0.2) is 0 Å². The van der Waals surface area contributed by atoms with Crippen molar-refractivity contribution in [3.63, 3.8) is 0 Å². The molecule has 1 heterocycles. The Labute approximate surface area is 127 Å². The van der Waals surface area contributed by atoms with Crippen molar-refractivity contribution in [2.45, 2.75) is 59.3 Å². The summed E-state index contributed by atoms with van der Waals surface area (Å²) in [6.07, 6.45) is 7.66. The van der Waals surface area contributed by atoms with E-state index < -0.39 is 0 Å². The Kier molecular flexibility index (Phi) is 6.03. The third kappa shape index (κ3) is 3.96. The lowest BCUT2D eigenvalue weighted by molar-refractivity contribution is 0.636. The molecule has 0 radical (unpaired) electrons. The molecule has 2 aromatic rings. The highest BCUT2D eigenvalue weighted by Gasteiger charge is 2.12. The SMILES string of the molecule is CCCCCN(CCCCC)c1ccc2[nH]nnc2c1C. The summed E-state index contributed by atoms with van der Waals surface area (Å²) in [5.74, 6) is 0. The summed E-state index contributed by atoms with van der Waals surface area (Å²) in [4.78, 5) is 2.54. The van der Waals surface area contributed by atoms with Crippen molar-refractivity contribution in [2.24, 2.45) is 0 Å². The first-order valence-electron chi connectivity index (χ1n) is 8.33. The number of hydrogen-bond donors (Lipinski definition) is 1. The molecule has 0 spiro atoms. The second-order valence-electron chi connectivity index (χ2n) is 5.82. The van der Waals surface area contributed by atoms with Gasteiger partial charge in [-0.05, 0) is 31.9 Å². The standard InChI is InChI=1S/C17H28N4/c1-4-6-8-12-21(13-9-7-5-2)16-11-10-15-17(14(16)3)19-20-18-15/h10-11H,4-9,12-13H2,1-3H3,(H,18,19,20). The highest BCUT2D eigenvalue weighted by atomic mass is 15.3. The van der Waals surface area contributed by atoms with E-state index in [1.54, 1.807) is 0 Å². The van der Waals surface area contributed by atoms with Gasteiger partial charge in [0.25, 0.3) is 0 Å². The zero-order valence-electron chi connectivity index (χ0n) is 13.7. The molecule has 4 heteroatoms. The fraction of sp³-hybridized carbons (Fsp3) is 0.647. The van der Waals surface area contributed by atoms with Crippen molar-refractivity contribution in [3.05, 3.63) is 17.7 Å². The number of nitrogens with zero attached hydrogens (tertiary/aromatic N) is 3. The van der Waals surface area contributed by atoms with E-state index in [1.165, 1.54) is 49.8 Å². The molecule has 0 aliphatic rings. The maximum absolute atomic E-state index is 4.22. The molecule has 4 nitrogen and oxygen atoms in total. The maximum atomic E-state index is 4.22. The van der Waals surface area contributed by atoms with Crippen molar-refractivity contribution in [1.29, 1.82) is 0 Å². The zero-order chi connectivity index (χ0) is 15.1. The molecule has 116 valence electrons. The van der Waals surface area contributed by atoms with E-state index in [0.717, 1.165) is 24.1 Å². The summed E-state index contributed by atoms with van der Waals surface area (Å²) in [6, 6.07) is 4.32. The minimum atomic E-state index is 1.00. The number of benzene rings is 1. The number of anilines is 1. The summed E-state index contributed by atoms with van der Waals surface area (Å²) in [7, 11) is 0. The van der Waals surface area contributed by atoms with Crippen molar-refractivity contribution in [3.8, 4) is 0 Å². The number of fused-ring (bicyclic) bond motifs is 1. The van der Waals surface area contributed by atoms with Gasteiger partial charge in [0.15, 0.2) is 0 Å². The van der Waals surface area contributed by atoms with Gasteiger partial charge in [-0.1, -0.05) is 44.7 Å². The molecule has 2 rings (SSSR count). The van der Waals surface area contributed by atoms with Gasteiger partial charge >= 0.3 is 0 Å². The zero-order valence-corrected chi connectivity index (χ0v) is 13.7. The number of H-pyrrole nitrogens is 1. The van der Waals surface area contributed by atoms with Crippen LogP contribution in [-0.2, 0) is 0 Å². The monoisotopic (exact) mass is 288 g/mol. The van der Waals surface area contributed by atoms with Gasteiger partial charge in [0, 0.05) is 24.3 Å². The molecule has 0 fully saturated rings. The first kappa shape index (κ1) is 15.8. The Hall–Kier alpha value is -1.58.